The van der Waals surface area contributed by atoms with Crippen LogP contribution in [-0.4, -0.2) is 16.8 Å². The molecule has 1 aromatic carbocycles. The van der Waals surface area contributed by atoms with Gasteiger partial charge in [-0.25, -0.2) is 8.78 Å². The van der Waals surface area contributed by atoms with Crippen molar-refractivity contribution < 1.29 is 8.78 Å². The van der Waals surface area contributed by atoms with Gasteiger partial charge >= 0.3 is 0 Å². The lowest BCUT2D eigenvalue weighted by molar-refractivity contribution is 0.581. The average molecular weight is 227 g/mol. The summed E-state index contributed by atoms with van der Waals surface area (Å²) in [7, 11) is 0. The molecule has 0 aliphatic carbocycles. The fourth-order valence-electron chi connectivity index (χ4n) is 1.52. The van der Waals surface area contributed by atoms with Crippen LogP contribution in [0.3, 0.4) is 0 Å². The largest absolute Gasteiger partial charge is 0.279 e. The standard InChI is InChI=1S/C11H11F2NS/c1-7-6-15-11(14-7)4-8-2-9(12)5-10(13)3-8/h2-3,5,7H,4,6H2,1H3/t7-/m0/s1. The van der Waals surface area contributed by atoms with Gasteiger partial charge in [0.15, 0.2) is 0 Å². The van der Waals surface area contributed by atoms with Gasteiger partial charge < -0.3 is 0 Å². The van der Waals surface area contributed by atoms with Gasteiger partial charge in [0, 0.05) is 18.2 Å². The van der Waals surface area contributed by atoms with Gasteiger partial charge in [-0.2, -0.15) is 0 Å². The Morgan fingerprint density at radius 3 is 2.53 bits per heavy atom. The van der Waals surface area contributed by atoms with E-state index in [1.54, 1.807) is 11.8 Å². The van der Waals surface area contributed by atoms with E-state index in [4.69, 9.17) is 0 Å². The van der Waals surface area contributed by atoms with Crippen molar-refractivity contribution >= 4 is 16.8 Å². The molecule has 1 aliphatic heterocycles. The molecule has 0 spiro atoms. The van der Waals surface area contributed by atoms with E-state index in [1.165, 1.54) is 12.1 Å². The fourth-order valence-corrected chi connectivity index (χ4v) is 2.55. The summed E-state index contributed by atoms with van der Waals surface area (Å²) in [6.45, 7) is 2.03. The SMILES string of the molecule is C[C@H]1CSC(Cc2cc(F)cc(F)c2)=N1. The highest BCUT2D eigenvalue weighted by molar-refractivity contribution is 8.14. The molecular formula is C11H11F2NS. The molecule has 1 atom stereocenters. The lowest BCUT2D eigenvalue weighted by atomic mass is 10.1. The second-order valence-electron chi connectivity index (χ2n) is 3.64. The van der Waals surface area contributed by atoms with Crippen LogP contribution >= 0.6 is 11.8 Å². The van der Waals surface area contributed by atoms with Crippen molar-refractivity contribution in [3.8, 4) is 0 Å². The molecular weight excluding hydrogens is 216 g/mol. The van der Waals surface area contributed by atoms with Gasteiger partial charge in [0.2, 0.25) is 0 Å². The Kier molecular flexibility index (Phi) is 3.05. The van der Waals surface area contributed by atoms with E-state index < -0.39 is 11.6 Å². The molecule has 0 N–H and O–H groups in total. The van der Waals surface area contributed by atoms with Crippen molar-refractivity contribution in [3.63, 3.8) is 0 Å². The molecule has 2 rings (SSSR count). The molecule has 15 heavy (non-hydrogen) atoms. The molecule has 0 saturated heterocycles. The third-order valence-corrected chi connectivity index (χ3v) is 3.37. The van der Waals surface area contributed by atoms with E-state index in [-0.39, 0.29) is 0 Å². The molecule has 0 amide bonds. The molecule has 0 unspecified atom stereocenters. The number of hydrogen-bond acceptors (Lipinski definition) is 2. The van der Waals surface area contributed by atoms with Crippen molar-refractivity contribution in [1.82, 2.24) is 0 Å². The van der Waals surface area contributed by atoms with Crippen LogP contribution in [-0.2, 0) is 6.42 Å². The number of benzene rings is 1. The van der Waals surface area contributed by atoms with Crippen LogP contribution < -0.4 is 0 Å². The number of halogens is 2. The van der Waals surface area contributed by atoms with Gasteiger partial charge in [-0.05, 0) is 24.6 Å². The van der Waals surface area contributed by atoms with Crippen LogP contribution in [0.5, 0.6) is 0 Å². The van der Waals surface area contributed by atoms with Crippen molar-refractivity contribution in [2.24, 2.45) is 4.99 Å². The highest BCUT2D eigenvalue weighted by Crippen LogP contribution is 2.21. The van der Waals surface area contributed by atoms with Crippen LogP contribution in [0, 0.1) is 11.6 Å². The first-order valence-corrected chi connectivity index (χ1v) is 5.76. The Balaban J connectivity index is 2.14. The topological polar surface area (TPSA) is 12.4 Å². The first-order chi connectivity index (χ1) is 7.13. The van der Waals surface area contributed by atoms with Gasteiger partial charge in [0.05, 0.1) is 11.1 Å². The zero-order valence-electron chi connectivity index (χ0n) is 8.34. The van der Waals surface area contributed by atoms with E-state index in [9.17, 15) is 8.78 Å². The summed E-state index contributed by atoms with van der Waals surface area (Å²) >= 11 is 1.66. The highest BCUT2D eigenvalue weighted by Gasteiger charge is 2.14. The normalized spacial score (nSPS) is 20.5. The molecule has 80 valence electrons. The predicted molar refractivity (Wildman–Crippen MR) is 59.4 cm³/mol. The van der Waals surface area contributed by atoms with E-state index in [0.29, 0.717) is 18.0 Å². The Morgan fingerprint density at radius 2 is 2.00 bits per heavy atom. The van der Waals surface area contributed by atoms with Gasteiger partial charge in [-0.1, -0.05) is 0 Å². The quantitative estimate of drug-likeness (QED) is 0.756. The van der Waals surface area contributed by atoms with Crippen molar-refractivity contribution in [2.75, 3.05) is 5.75 Å². The van der Waals surface area contributed by atoms with Crippen LogP contribution in [0.1, 0.15) is 12.5 Å². The lowest BCUT2D eigenvalue weighted by Crippen LogP contribution is -1.97. The smallest absolute Gasteiger partial charge is 0.126 e. The second-order valence-corrected chi connectivity index (χ2v) is 4.73. The fraction of sp³-hybridized carbons (Fsp3) is 0.364. The van der Waals surface area contributed by atoms with Crippen LogP contribution in [0.2, 0.25) is 0 Å². The average Bonchev–Trinajstić information content (AvgIpc) is 2.49. The van der Waals surface area contributed by atoms with Gasteiger partial charge in [-0.15, -0.1) is 11.8 Å². The number of aliphatic imine (C=N–C) groups is 1. The van der Waals surface area contributed by atoms with Gasteiger partial charge in [0.25, 0.3) is 0 Å². The molecule has 1 aromatic rings. The van der Waals surface area contributed by atoms with Crippen LogP contribution in [0.25, 0.3) is 0 Å². The summed E-state index contributed by atoms with van der Waals surface area (Å²) < 4.78 is 25.8. The van der Waals surface area contributed by atoms with Crippen molar-refractivity contribution in [3.05, 3.63) is 35.4 Å². The van der Waals surface area contributed by atoms with E-state index in [1.807, 2.05) is 6.92 Å². The summed E-state index contributed by atoms with van der Waals surface area (Å²) in [6, 6.07) is 3.92. The highest BCUT2D eigenvalue weighted by atomic mass is 32.2. The lowest BCUT2D eigenvalue weighted by Gasteiger charge is -2.01. The third-order valence-electron chi connectivity index (χ3n) is 2.13. The summed E-state index contributed by atoms with van der Waals surface area (Å²) in [5, 5.41) is 0.965. The Bertz CT molecular complexity index is 383. The summed E-state index contributed by atoms with van der Waals surface area (Å²) in [6.07, 6.45) is 0.531. The molecule has 4 heteroatoms. The van der Waals surface area contributed by atoms with Crippen LogP contribution in [0.4, 0.5) is 8.78 Å². The molecule has 0 radical (unpaired) electrons. The summed E-state index contributed by atoms with van der Waals surface area (Å²) in [5.41, 5.74) is 0.646. The summed E-state index contributed by atoms with van der Waals surface area (Å²) in [4.78, 5) is 4.38. The molecule has 0 aromatic heterocycles. The Morgan fingerprint density at radius 1 is 1.33 bits per heavy atom. The third kappa shape index (κ3) is 2.78. The zero-order chi connectivity index (χ0) is 10.8. The van der Waals surface area contributed by atoms with E-state index >= 15 is 0 Å². The Labute approximate surface area is 91.6 Å². The first-order valence-electron chi connectivity index (χ1n) is 4.78. The number of hydrogen-bond donors (Lipinski definition) is 0. The van der Waals surface area contributed by atoms with Gasteiger partial charge in [-0.3, -0.25) is 4.99 Å². The van der Waals surface area contributed by atoms with Gasteiger partial charge in [0.1, 0.15) is 11.6 Å². The molecule has 0 fully saturated rings. The first kappa shape index (κ1) is 10.6. The molecule has 0 saturated carbocycles. The van der Waals surface area contributed by atoms with Crippen molar-refractivity contribution in [2.45, 2.75) is 19.4 Å². The zero-order valence-corrected chi connectivity index (χ0v) is 9.15. The monoisotopic (exact) mass is 227 g/mol. The van der Waals surface area contributed by atoms with Crippen LogP contribution in [0.15, 0.2) is 23.2 Å². The summed E-state index contributed by atoms with van der Waals surface area (Å²) in [5.74, 6) is -0.0871. The number of nitrogens with zero attached hydrogens (tertiary/aromatic N) is 1. The molecule has 1 nitrogen and oxygen atoms in total. The molecule has 0 bridgehead atoms. The predicted octanol–water partition coefficient (Wildman–Crippen LogP) is 3.04. The minimum atomic E-state index is -0.526. The number of rotatable bonds is 2. The van der Waals surface area contributed by atoms with E-state index in [0.717, 1.165) is 16.9 Å². The minimum absolute atomic E-state index is 0.323. The minimum Gasteiger partial charge on any atom is -0.279 e. The maximum atomic E-state index is 12.9. The maximum absolute atomic E-state index is 12.9. The number of thioether (sulfide) groups is 1. The molecule has 1 heterocycles. The molecule has 1 aliphatic rings. The van der Waals surface area contributed by atoms with E-state index in [2.05, 4.69) is 4.99 Å². The maximum Gasteiger partial charge on any atom is 0.126 e. The second kappa shape index (κ2) is 4.31. The van der Waals surface area contributed by atoms with Crippen molar-refractivity contribution in [1.29, 1.82) is 0 Å². The Hall–Kier alpha value is -0.900.